The molecule has 8 heteroatoms. The zero-order valence-corrected chi connectivity index (χ0v) is 19.6. The SMILES string of the molecule is CN[C@]1(c2ccccc2)CC[C@]2(CC1)CN(c1cnc(C#N)nc1)C(O)N2CC1(C#N)CCC1. The highest BCUT2D eigenvalue weighted by Crippen LogP contribution is 2.51. The molecule has 0 amide bonds. The summed E-state index contributed by atoms with van der Waals surface area (Å²) in [6.45, 7) is 1.20. The number of nitriles is 2. The average molecular weight is 458 g/mol. The van der Waals surface area contributed by atoms with Gasteiger partial charge in [0.15, 0.2) is 6.35 Å². The molecule has 1 aromatic carbocycles. The number of anilines is 1. The molecule has 34 heavy (non-hydrogen) atoms. The number of benzene rings is 1. The van der Waals surface area contributed by atoms with E-state index in [0.29, 0.717) is 18.8 Å². The standard InChI is InChI=1S/C26H31N7O/c1-29-26(20-6-3-2-4-7-20)12-10-25(11-13-26)19-32(21-15-30-22(14-27)31-16-21)23(34)33(25)18-24(17-28)8-5-9-24/h2-4,6-7,15-16,23,29,34H,5,8-13,18-19H2,1H3/t23?,25-,26+. The molecule has 2 saturated carbocycles. The number of aromatic nitrogens is 2. The van der Waals surface area contributed by atoms with Crippen LogP contribution in [0.4, 0.5) is 5.69 Å². The maximum Gasteiger partial charge on any atom is 0.232 e. The third-order valence-corrected chi connectivity index (χ3v) is 8.56. The van der Waals surface area contributed by atoms with Crippen LogP contribution in [-0.4, -0.2) is 52.0 Å². The second-order valence-corrected chi connectivity index (χ2v) is 10.1. The highest BCUT2D eigenvalue weighted by Gasteiger charge is 2.56. The van der Waals surface area contributed by atoms with E-state index in [9.17, 15) is 10.4 Å². The number of aliphatic hydroxyl groups excluding tert-OH is 1. The van der Waals surface area contributed by atoms with Gasteiger partial charge in [0, 0.05) is 24.2 Å². The van der Waals surface area contributed by atoms with Crippen molar-refractivity contribution < 1.29 is 5.11 Å². The topological polar surface area (TPSA) is 112 Å². The van der Waals surface area contributed by atoms with Gasteiger partial charge in [-0.05, 0) is 51.1 Å². The van der Waals surface area contributed by atoms with E-state index in [4.69, 9.17) is 5.26 Å². The molecule has 3 aliphatic rings. The molecular weight excluding hydrogens is 426 g/mol. The van der Waals surface area contributed by atoms with Gasteiger partial charge in [0.05, 0.1) is 29.6 Å². The monoisotopic (exact) mass is 457 g/mol. The van der Waals surface area contributed by atoms with Crippen LogP contribution in [0, 0.1) is 28.1 Å². The molecule has 2 N–H and O–H groups in total. The van der Waals surface area contributed by atoms with Gasteiger partial charge in [0.2, 0.25) is 5.82 Å². The van der Waals surface area contributed by atoms with Crippen molar-refractivity contribution in [2.75, 3.05) is 25.0 Å². The van der Waals surface area contributed by atoms with Crippen LogP contribution in [0.3, 0.4) is 0 Å². The molecule has 1 atom stereocenters. The van der Waals surface area contributed by atoms with Crippen LogP contribution in [0.1, 0.15) is 56.3 Å². The summed E-state index contributed by atoms with van der Waals surface area (Å²) < 4.78 is 0. The van der Waals surface area contributed by atoms with Crippen molar-refractivity contribution in [3.05, 3.63) is 54.1 Å². The van der Waals surface area contributed by atoms with Gasteiger partial charge in [-0.25, -0.2) is 9.97 Å². The van der Waals surface area contributed by atoms with Crippen molar-refractivity contribution >= 4 is 5.69 Å². The minimum Gasteiger partial charge on any atom is -0.361 e. The quantitative estimate of drug-likeness (QED) is 0.705. The lowest BCUT2D eigenvalue weighted by atomic mass is 9.66. The molecule has 176 valence electrons. The van der Waals surface area contributed by atoms with Crippen molar-refractivity contribution in [1.29, 1.82) is 10.5 Å². The molecule has 2 aliphatic carbocycles. The zero-order chi connectivity index (χ0) is 23.8. The second-order valence-electron chi connectivity index (χ2n) is 10.1. The average Bonchev–Trinajstić information content (AvgIpc) is 3.13. The van der Waals surface area contributed by atoms with Gasteiger partial charge in [-0.3, -0.25) is 4.90 Å². The Kier molecular flexibility index (Phi) is 5.77. The fourth-order valence-corrected chi connectivity index (χ4v) is 6.17. The molecule has 0 bridgehead atoms. The Hall–Kier alpha value is -3.04. The third kappa shape index (κ3) is 3.63. The lowest BCUT2D eigenvalue weighted by Gasteiger charge is -2.51. The van der Waals surface area contributed by atoms with Crippen molar-refractivity contribution in [3.8, 4) is 12.1 Å². The first kappa shape index (κ1) is 22.7. The molecule has 1 unspecified atom stereocenters. The third-order valence-electron chi connectivity index (χ3n) is 8.56. The molecule has 1 aliphatic heterocycles. The van der Waals surface area contributed by atoms with Crippen LogP contribution in [0.5, 0.6) is 0 Å². The van der Waals surface area contributed by atoms with Gasteiger partial charge in [0.25, 0.3) is 0 Å². The minimum absolute atomic E-state index is 0.0997. The summed E-state index contributed by atoms with van der Waals surface area (Å²) in [5, 5.41) is 34.1. The summed E-state index contributed by atoms with van der Waals surface area (Å²) in [6, 6.07) is 15.1. The first-order valence-electron chi connectivity index (χ1n) is 12.1. The van der Waals surface area contributed by atoms with Crippen molar-refractivity contribution in [2.24, 2.45) is 5.41 Å². The maximum absolute atomic E-state index is 11.5. The molecule has 2 heterocycles. The fraction of sp³-hybridized carbons (Fsp3) is 0.538. The summed E-state index contributed by atoms with van der Waals surface area (Å²) >= 11 is 0. The largest absolute Gasteiger partial charge is 0.361 e. The predicted molar refractivity (Wildman–Crippen MR) is 127 cm³/mol. The van der Waals surface area contributed by atoms with Gasteiger partial charge in [0.1, 0.15) is 6.07 Å². The second kappa shape index (κ2) is 8.63. The van der Waals surface area contributed by atoms with Gasteiger partial charge < -0.3 is 15.3 Å². The minimum atomic E-state index is -0.860. The summed E-state index contributed by atoms with van der Waals surface area (Å²) in [5.41, 5.74) is 1.26. The van der Waals surface area contributed by atoms with Crippen LogP contribution in [-0.2, 0) is 5.54 Å². The van der Waals surface area contributed by atoms with Crippen LogP contribution in [0.2, 0.25) is 0 Å². The van der Waals surface area contributed by atoms with E-state index in [1.807, 2.05) is 24.1 Å². The summed E-state index contributed by atoms with van der Waals surface area (Å²) in [7, 11) is 2.03. The Morgan fingerprint density at radius 1 is 1.06 bits per heavy atom. The van der Waals surface area contributed by atoms with Crippen molar-refractivity contribution in [3.63, 3.8) is 0 Å². The number of hydrogen-bond donors (Lipinski definition) is 2. The highest BCUT2D eigenvalue weighted by atomic mass is 16.3. The summed E-state index contributed by atoms with van der Waals surface area (Å²) in [6.07, 6.45) is 8.86. The van der Waals surface area contributed by atoms with Crippen LogP contribution < -0.4 is 10.2 Å². The maximum atomic E-state index is 11.5. The Morgan fingerprint density at radius 3 is 2.26 bits per heavy atom. The molecule has 1 aromatic heterocycles. The Labute approximate surface area is 200 Å². The number of rotatable bonds is 5. The van der Waals surface area contributed by atoms with Crippen LogP contribution >= 0.6 is 0 Å². The molecule has 8 nitrogen and oxygen atoms in total. The summed E-state index contributed by atoms with van der Waals surface area (Å²) in [4.78, 5) is 12.4. The van der Waals surface area contributed by atoms with E-state index in [-0.39, 0.29) is 22.3 Å². The first-order chi connectivity index (χ1) is 16.5. The number of hydrogen-bond acceptors (Lipinski definition) is 8. The molecule has 3 fully saturated rings. The van der Waals surface area contributed by atoms with E-state index in [1.54, 1.807) is 12.4 Å². The fourth-order valence-electron chi connectivity index (χ4n) is 6.17. The van der Waals surface area contributed by atoms with Gasteiger partial charge in [-0.1, -0.05) is 36.8 Å². The van der Waals surface area contributed by atoms with E-state index < -0.39 is 6.35 Å². The summed E-state index contributed by atoms with van der Waals surface area (Å²) in [5.74, 6) is 0.112. The van der Waals surface area contributed by atoms with Crippen LogP contribution in [0.25, 0.3) is 0 Å². The van der Waals surface area contributed by atoms with E-state index in [1.165, 1.54) is 5.56 Å². The lowest BCUT2D eigenvalue weighted by molar-refractivity contribution is -0.0676. The zero-order valence-electron chi connectivity index (χ0n) is 19.6. The molecule has 1 saturated heterocycles. The van der Waals surface area contributed by atoms with Crippen molar-refractivity contribution in [1.82, 2.24) is 20.2 Å². The lowest BCUT2D eigenvalue weighted by Crippen LogP contribution is -2.58. The smallest absolute Gasteiger partial charge is 0.232 e. The Balaban J connectivity index is 1.46. The number of nitrogens with one attached hydrogen (secondary N) is 1. The van der Waals surface area contributed by atoms with Gasteiger partial charge in [-0.2, -0.15) is 10.5 Å². The van der Waals surface area contributed by atoms with Gasteiger partial charge in [-0.15, -0.1) is 0 Å². The van der Waals surface area contributed by atoms with E-state index >= 15 is 0 Å². The molecule has 2 aromatic rings. The van der Waals surface area contributed by atoms with Crippen molar-refractivity contribution in [2.45, 2.75) is 62.4 Å². The van der Waals surface area contributed by atoms with E-state index in [0.717, 1.165) is 44.9 Å². The highest BCUT2D eigenvalue weighted by molar-refractivity contribution is 5.46. The normalized spacial score (nSPS) is 30.5. The molecule has 0 radical (unpaired) electrons. The predicted octanol–water partition coefficient (Wildman–Crippen LogP) is 2.87. The number of aliphatic hydroxyl groups is 1. The Bertz CT molecular complexity index is 1090. The molecular formula is C26H31N7O. The van der Waals surface area contributed by atoms with Crippen LogP contribution in [0.15, 0.2) is 42.7 Å². The Morgan fingerprint density at radius 2 is 1.74 bits per heavy atom. The first-order valence-corrected chi connectivity index (χ1v) is 12.1. The number of nitrogens with zero attached hydrogens (tertiary/aromatic N) is 6. The molecule has 1 spiro atoms. The van der Waals surface area contributed by atoms with Gasteiger partial charge >= 0.3 is 0 Å². The van der Waals surface area contributed by atoms with E-state index in [2.05, 4.69) is 50.5 Å². The molecule has 5 rings (SSSR count).